The van der Waals surface area contributed by atoms with E-state index in [1.807, 2.05) is 0 Å². The Morgan fingerprint density at radius 1 is 1.38 bits per heavy atom. The smallest absolute Gasteiger partial charge is 0.00951 e. The third kappa shape index (κ3) is 3.90. The minimum atomic E-state index is 0.888. The van der Waals surface area contributed by atoms with Gasteiger partial charge < -0.3 is 4.90 Å². The Bertz CT molecular complexity index is 125. The van der Waals surface area contributed by atoms with E-state index < -0.39 is 0 Å². The van der Waals surface area contributed by atoms with Gasteiger partial charge in [-0.25, -0.2) is 0 Å². The fraction of sp³-hybridized carbons (Fsp3) is 1.00. The van der Waals surface area contributed by atoms with Crippen LogP contribution in [-0.4, -0.2) is 29.8 Å². The van der Waals surface area contributed by atoms with Gasteiger partial charge in [0.2, 0.25) is 0 Å². The third-order valence-corrected chi connectivity index (χ3v) is 3.29. The summed E-state index contributed by atoms with van der Waals surface area (Å²) in [5.74, 6) is 1.04. The predicted octanol–water partition coefficient (Wildman–Crippen LogP) is 2.96. The summed E-state index contributed by atoms with van der Waals surface area (Å²) in [4.78, 5) is 2.68. The van der Waals surface area contributed by atoms with E-state index in [1.165, 1.54) is 51.6 Å². The topological polar surface area (TPSA) is 3.24 Å². The van der Waals surface area contributed by atoms with E-state index in [4.69, 9.17) is 0 Å². The molecule has 0 aromatic carbocycles. The van der Waals surface area contributed by atoms with Crippen LogP contribution in [0.4, 0.5) is 0 Å². The molecule has 1 nitrogen and oxygen atoms in total. The molecule has 1 unspecified atom stereocenters. The molecular formula is C11H23NS. The van der Waals surface area contributed by atoms with Crippen LogP contribution in [0.25, 0.3) is 0 Å². The summed E-state index contributed by atoms with van der Waals surface area (Å²) in [6, 6.07) is 0.888. The van der Waals surface area contributed by atoms with Gasteiger partial charge in [0.25, 0.3) is 0 Å². The van der Waals surface area contributed by atoms with Gasteiger partial charge in [-0.05, 0) is 44.5 Å². The summed E-state index contributed by atoms with van der Waals surface area (Å²) < 4.78 is 0. The van der Waals surface area contributed by atoms with Gasteiger partial charge in [0.15, 0.2) is 0 Å². The molecular weight excluding hydrogens is 178 g/mol. The molecule has 0 aliphatic carbocycles. The van der Waals surface area contributed by atoms with Crippen molar-refractivity contribution in [3.05, 3.63) is 0 Å². The fourth-order valence-corrected chi connectivity index (χ4v) is 2.43. The van der Waals surface area contributed by atoms with Crippen LogP contribution < -0.4 is 0 Å². The van der Waals surface area contributed by atoms with Gasteiger partial charge in [0.05, 0.1) is 0 Å². The number of likely N-dealkylation sites (tertiary alicyclic amines) is 1. The van der Waals surface area contributed by atoms with Crippen molar-refractivity contribution in [1.82, 2.24) is 4.90 Å². The van der Waals surface area contributed by atoms with Gasteiger partial charge in [0, 0.05) is 6.04 Å². The molecule has 0 spiro atoms. The first-order chi connectivity index (χ1) is 6.38. The van der Waals surface area contributed by atoms with E-state index in [0.717, 1.165) is 11.8 Å². The molecule has 1 aliphatic heterocycles. The molecule has 0 bridgehead atoms. The molecule has 78 valence electrons. The maximum Gasteiger partial charge on any atom is 0.00951 e. The molecule has 0 N–H and O–H groups in total. The molecule has 1 heterocycles. The Hall–Kier alpha value is 0.310. The monoisotopic (exact) mass is 201 g/mol. The number of piperidine rings is 1. The summed E-state index contributed by atoms with van der Waals surface area (Å²) in [6.45, 7) is 4.90. The highest BCUT2D eigenvalue weighted by Crippen LogP contribution is 2.20. The number of rotatable bonds is 5. The quantitative estimate of drug-likeness (QED) is 0.669. The second kappa shape index (κ2) is 6.72. The molecule has 1 saturated heterocycles. The van der Waals surface area contributed by atoms with Gasteiger partial charge in [-0.15, -0.1) is 0 Å². The van der Waals surface area contributed by atoms with Crippen LogP contribution in [0.5, 0.6) is 0 Å². The lowest BCUT2D eigenvalue weighted by Crippen LogP contribution is -2.40. The van der Waals surface area contributed by atoms with Crippen LogP contribution in [-0.2, 0) is 0 Å². The van der Waals surface area contributed by atoms with E-state index in [9.17, 15) is 0 Å². The molecule has 0 aromatic rings. The van der Waals surface area contributed by atoms with Crippen molar-refractivity contribution in [3.63, 3.8) is 0 Å². The Morgan fingerprint density at radius 3 is 2.92 bits per heavy atom. The van der Waals surface area contributed by atoms with Gasteiger partial charge in [-0.2, -0.15) is 12.6 Å². The lowest BCUT2D eigenvalue weighted by molar-refractivity contribution is 0.140. The highest BCUT2D eigenvalue weighted by Gasteiger charge is 2.20. The summed E-state index contributed by atoms with van der Waals surface area (Å²) in [7, 11) is 0. The van der Waals surface area contributed by atoms with Crippen LogP contribution in [0.15, 0.2) is 0 Å². The second-order valence-electron chi connectivity index (χ2n) is 4.05. The molecule has 1 rings (SSSR count). The maximum atomic E-state index is 4.28. The second-order valence-corrected chi connectivity index (χ2v) is 4.50. The standard InChI is InChI=1S/C11H23NS/c1-2-6-11-7-3-4-8-12(11)9-5-10-13/h11,13H,2-10H2,1H3. The molecule has 1 aliphatic rings. The van der Waals surface area contributed by atoms with E-state index >= 15 is 0 Å². The molecule has 0 saturated carbocycles. The van der Waals surface area contributed by atoms with Gasteiger partial charge in [-0.1, -0.05) is 19.8 Å². The third-order valence-electron chi connectivity index (χ3n) is 2.97. The normalized spacial score (nSPS) is 24.9. The number of hydrogen-bond acceptors (Lipinski definition) is 2. The van der Waals surface area contributed by atoms with Crippen LogP contribution >= 0.6 is 12.6 Å². The van der Waals surface area contributed by atoms with Crippen LogP contribution in [0.1, 0.15) is 45.4 Å². The number of thiol groups is 1. The summed E-state index contributed by atoms with van der Waals surface area (Å²) in [5.41, 5.74) is 0. The van der Waals surface area contributed by atoms with Crippen molar-refractivity contribution in [3.8, 4) is 0 Å². The van der Waals surface area contributed by atoms with E-state index in [2.05, 4.69) is 24.5 Å². The first kappa shape index (κ1) is 11.4. The first-order valence-corrected chi connectivity index (χ1v) is 6.36. The minimum Gasteiger partial charge on any atom is -0.300 e. The lowest BCUT2D eigenvalue weighted by atomic mass is 9.98. The molecule has 0 amide bonds. The van der Waals surface area contributed by atoms with Crippen molar-refractivity contribution in [1.29, 1.82) is 0 Å². The minimum absolute atomic E-state index is 0.888. The molecule has 1 fully saturated rings. The Balaban J connectivity index is 2.28. The van der Waals surface area contributed by atoms with E-state index in [0.29, 0.717) is 0 Å². The average Bonchev–Trinajstić information content (AvgIpc) is 2.17. The van der Waals surface area contributed by atoms with Crippen molar-refractivity contribution < 1.29 is 0 Å². The zero-order valence-corrected chi connectivity index (χ0v) is 9.73. The van der Waals surface area contributed by atoms with Crippen molar-refractivity contribution in [2.75, 3.05) is 18.8 Å². The Kier molecular flexibility index (Phi) is 5.88. The zero-order valence-electron chi connectivity index (χ0n) is 8.84. The zero-order chi connectivity index (χ0) is 9.52. The van der Waals surface area contributed by atoms with Crippen LogP contribution in [0.2, 0.25) is 0 Å². The largest absolute Gasteiger partial charge is 0.300 e. The number of nitrogens with zero attached hydrogens (tertiary/aromatic N) is 1. The summed E-state index contributed by atoms with van der Waals surface area (Å²) >= 11 is 4.28. The molecule has 2 heteroatoms. The SMILES string of the molecule is CCCC1CCCCN1CCCS. The molecule has 0 aromatic heterocycles. The molecule has 0 radical (unpaired) electrons. The van der Waals surface area contributed by atoms with Crippen LogP contribution in [0, 0.1) is 0 Å². The average molecular weight is 201 g/mol. The lowest BCUT2D eigenvalue weighted by Gasteiger charge is -2.35. The molecule has 13 heavy (non-hydrogen) atoms. The highest BCUT2D eigenvalue weighted by atomic mass is 32.1. The van der Waals surface area contributed by atoms with E-state index in [-0.39, 0.29) is 0 Å². The van der Waals surface area contributed by atoms with Crippen molar-refractivity contribution in [2.24, 2.45) is 0 Å². The highest BCUT2D eigenvalue weighted by molar-refractivity contribution is 7.80. The summed E-state index contributed by atoms with van der Waals surface area (Å²) in [6.07, 6.45) is 8.27. The fourth-order valence-electron chi connectivity index (χ4n) is 2.29. The van der Waals surface area contributed by atoms with Crippen LogP contribution in [0.3, 0.4) is 0 Å². The van der Waals surface area contributed by atoms with E-state index in [1.54, 1.807) is 0 Å². The van der Waals surface area contributed by atoms with Gasteiger partial charge in [-0.3, -0.25) is 0 Å². The predicted molar refractivity (Wildman–Crippen MR) is 62.6 cm³/mol. The number of hydrogen-bond donors (Lipinski definition) is 1. The van der Waals surface area contributed by atoms with Gasteiger partial charge in [0.1, 0.15) is 0 Å². The van der Waals surface area contributed by atoms with Crippen molar-refractivity contribution in [2.45, 2.75) is 51.5 Å². The van der Waals surface area contributed by atoms with Crippen molar-refractivity contribution >= 4 is 12.6 Å². The Labute approximate surface area is 88.3 Å². The molecule has 1 atom stereocenters. The summed E-state index contributed by atoms with van der Waals surface area (Å²) in [5, 5.41) is 0. The maximum absolute atomic E-state index is 4.28. The first-order valence-electron chi connectivity index (χ1n) is 5.73. The van der Waals surface area contributed by atoms with Gasteiger partial charge >= 0.3 is 0 Å². The Morgan fingerprint density at radius 2 is 2.23 bits per heavy atom.